The van der Waals surface area contributed by atoms with Crippen LogP contribution in [-0.4, -0.2) is 31.2 Å². The number of aryl methyl sites for hydroxylation is 1. The Labute approximate surface area is 159 Å². The van der Waals surface area contributed by atoms with Gasteiger partial charge < -0.3 is 10.2 Å². The summed E-state index contributed by atoms with van der Waals surface area (Å²) in [6.45, 7) is 2.73. The Kier molecular flexibility index (Phi) is 5.99. The fourth-order valence-electron chi connectivity index (χ4n) is 3.20. The molecule has 4 nitrogen and oxygen atoms in total. The van der Waals surface area contributed by atoms with E-state index < -0.39 is 5.92 Å². The van der Waals surface area contributed by atoms with Gasteiger partial charge in [0.25, 0.3) is 0 Å². The smallest absolute Gasteiger partial charge is 0.228 e. The number of hydrogen-bond donors (Lipinski definition) is 1. The summed E-state index contributed by atoms with van der Waals surface area (Å²) in [6.07, 6.45) is 0.232. The molecular formula is C21H24N2O2S. The molecular weight excluding hydrogens is 344 g/mol. The van der Waals surface area contributed by atoms with Gasteiger partial charge in [0.1, 0.15) is 0 Å². The molecule has 0 aliphatic carbocycles. The molecule has 0 spiro atoms. The molecule has 1 aliphatic rings. The maximum absolute atomic E-state index is 12.6. The second kappa shape index (κ2) is 8.41. The monoisotopic (exact) mass is 368 g/mol. The van der Waals surface area contributed by atoms with E-state index in [0.29, 0.717) is 6.54 Å². The average Bonchev–Trinajstić information content (AvgIpc) is 2.65. The van der Waals surface area contributed by atoms with E-state index in [4.69, 9.17) is 0 Å². The highest BCUT2D eigenvalue weighted by molar-refractivity contribution is 7.98. The second-order valence-electron chi connectivity index (χ2n) is 6.54. The number of fused-ring (bicyclic) bond motifs is 1. The highest BCUT2D eigenvalue weighted by Crippen LogP contribution is 2.35. The van der Waals surface area contributed by atoms with Crippen molar-refractivity contribution in [3.8, 4) is 0 Å². The van der Waals surface area contributed by atoms with Crippen molar-refractivity contribution >= 4 is 29.3 Å². The van der Waals surface area contributed by atoms with Crippen LogP contribution in [0.3, 0.4) is 0 Å². The molecule has 1 unspecified atom stereocenters. The van der Waals surface area contributed by atoms with Crippen molar-refractivity contribution in [3.63, 3.8) is 0 Å². The second-order valence-corrected chi connectivity index (χ2v) is 7.64. The fourth-order valence-corrected chi connectivity index (χ4v) is 4.14. The van der Waals surface area contributed by atoms with Crippen LogP contribution >= 0.6 is 11.8 Å². The maximum Gasteiger partial charge on any atom is 0.228 e. The number of para-hydroxylation sites is 1. The van der Waals surface area contributed by atoms with E-state index in [9.17, 15) is 9.59 Å². The van der Waals surface area contributed by atoms with Crippen LogP contribution in [-0.2, 0) is 15.3 Å². The van der Waals surface area contributed by atoms with Gasteiger partial charge in [-0.15, -0.1) is 0 Å². The maximum atomic E-state index is 12.6. The minimum Gasteiger partial charge on any atom is -0.355 e. The predicted molar refractivity (Wildman–Crippen MR) is 108 cm³/mol. The van der Waals surface area contributed by atoms with E-state index >= 15 is 0 Å². The number of benzene rings is 2. The summed E-state index contributed by atoms with van der Waals surface area (Å²) < 4.78 is 0. The van der Waals surface area contributed by atoms with Gasteiger partial charge in [0.2, 0.25) is 11.8 Å². The number of carbonyl (C=O) groups excluding carboxylic acids is 2. The summed E-state index contributed by atoms with van der Waals surface area (Å²) in [5.74, 6) is 1.32. The molecule has 1 N–H and O–H groups in total. The summed E-state index contributed by atoms with van der Waals surface area (Å²) in [4.78, 5) is 26.4. The standard InChI is InChI=1S/C21H24N2O2S/c1-15-7-3-4-8-16(15)14-26-12-11-22-21(25)18-13-20(24)23(2)19-10-6-5-9-17(18)19/h3-10,18H,11-14H2,1-2H3,(H,22,25). The molecule has 0 bridgehead atoms. The first-order chi connectivity index (χ1) is 12.6. The first-order valence-electron chi connectivity index (χ1n) is 8.83. The Morgan fingerprint density at radius 1 is 1.19 bits per heavy atom. The number of nitrogens with zero attached hydrogens (tertiary/aromatic N) is 1. The molecule has 1 heterocycles. The number of amides is 2. The Balaban J connectivity index is 1.52. The topological polar surface area (TPSA) is 49.4 Å². The molecule has 0 fully saturated rings. The van der Waals surface area contributed by atoms with Gasteiger partial charge >= 0.3 is 0 Å². The molecule has 5 heteroatoms. The van der Waals surface area contributed by atoms with Crippen molar-refractivity contribution in [2.24, 2.45) is 0 Å². The zero-order chi connectivity index (χ0) is 18.5. The number of thioether (sulfide) groups is 1. The van der Waals surface area contributed by atoms with Gasteiger partial charge in [-0.3, -0.25) is 9.59 Å². The molecule has 2 aromatic rings. The number of carbonyl (C=O) groups is 2. The van der Waals surface area contributed by atoms with E-state index in [1.165, 1.54) is 11.1 Å². The van der Waals surface area contributed by atoms with Gasteiger partial charge in [-0.05, 0) is 29.7 Å². The lowest BCUT2D eigenvalue weighted by molar-refractivity contribution is -0.127. The summed E-state index contributed by atoms with van der Waals surface area (Å²) >= 11 is 1.81. The highest BCUT2D eigenvalue weighted by atomic mass is 32.2. The molecule has 1 aliphatic heterocycles. The van der Waals surface area contributed by atoms with Crippen LogP contribution in [0.15, 0.2) is 48.5 Å². The minimum atomic E-state index is -0.392. The van der Waals surface area contributed by atoms with Crippen LogP contribution in [0.25, 0.3) is 0 Å². The first-order valence-corrected chi connectivity index (χ1v) is 9.99. The minimum absolute atomic E-state index is 0.0159. The van der Waals surface area contributed by atoms with Gasteiger partial charge in [-0.25, -0.2) is 0 Å². The molecule has 0 radical (unpaired) electrons. The third-order valence-electron chi connectivity index (χ3n) is 4.81. The SMILES string of the molecule is Cc1ccccc1CSCCNC(=O)C1CC(=O)N(C)c2ccccc21. The third-order valence-corrected chi connectivity index (χ3v) is 5.82. The van der Waals surface area contributed by atoms with Crippen LogP contribution in [0.4, 0.5) is 5.69 Å². The molecule has 0 saturated carbocycles. The third kappa shape index (κ3) is 4.10. The molecule has 3 rings (SSSR count). The van der Waals surface area contributed by atoms with Gasteiger partial charge in [-0.2, -0.15) is 11.8 Å². The van der Waals surface area contributed by atoms with Crippen molar-refractivity contribution in [1.29, 1.82) is 0 Å². The van der Waals surface area contributed by atoms with Crippen LogP contribution in [0.1, 0.15) is 29.0 Å². The highest BCUT2D eigenvalue weighted by Gasteiger charge is 2.33. The van der Waals surface area contributed by atoms with Crippen molar-refractivity contribution in [2.45, 2.75) is 25.0 Å². The van der Waals surface area contributed by atoms with Crippen LogP contribution in [0.5, 0.6) is 0 Å². The van der Waals surface area contributed by atoms with E-state index in [1.54, 1.807) is 23.7 Å². The van der Waals surface area contributed by atoms with Crippen molar-refractivity contribution in [2.75, 3.05) is 24.2 Å². The molecule has 0 aromatic heterocycles. The van der Waals surface area contributed by atoms with Gasteiger partial charge in [-0.1, -0.05) is 42.5 Å². The summed E-state index contributed by atoms with van der Waals surface area (Å²) in [5, 5.41) is 3.00. The first kappa shape index (κ1) is 18.5. The average molecular weight is 369 g/mol. The summed E-state index contributed by atoms with van der Waals surface area (Å²) in [7, 11) is 1.76. The molecule has 2 amide bonds. The molecule has 2 aromatic carbocycles. The van der Waals surface area contributed by atoms with Gasteiger partial charge in [0.05, 0.1) is 5.92 Å². The number of nitrogens with one attached hydrogen (secondary N) is 1. The van der Waals surface area contributed by atoms with Gasteiger partial charge in [0.15, 0.2) is 0 Å². The van der Waals surface area contributed by atoms with Crippen LogP contribution in [0, 0.1) is 6.92 Å². The lowest BCUT2D eigenvalue weighted by Crippen LogP contribution is -2.39. The van der Waals surface area contributed by atoms with Gasteiger partial charge in [0, 0.05) is 37.2 Å². The molecule has 136 valence electrons. The lowest BCUT2D eigenvalue weighted by Gasteiger charge is -2.30. The zero-order valence-electron chi connectivity index (χ0n) is 15.2. The number of hydrogen-bond acceptors (Lipinski definition) is 3. The van der Waals surface area contributed by atoms with E-state index in [1.807, 2.05) is 30.3 Å². The molecule has 26 heavy (non-hydrogen) atoms. The van der Waals surface area contributed by atoms with Crippen molar-refractivity contribution in [3.05, 3.63) is 65.2 Å². The Morgan fingerprint density at radius 3 is 2.73 bits per heavy atom. The van der Waals surface area contributed by atoms with Crippen molar-refractivity contribution in [1.82, 2.24) is 5.32 Å². The Hall–Kier alpha value is -2.27. The van der Waals surface area contributed by atoms with Crippen molar-refractivity contribution < 1.29 is 9.59 Å². The normalized spacial score (nSPS) is 16.3. The largest absolute Gasteiger partial charge is 0.355 e. The molecule has 1 atom stereocenters. The fraction of sp³-hybridized carbons (Fsp3) is 0.333. The number of rotatable bonds is 6. The Bertz CT molecular complexity index is 806. The summed E-state index contributed by atoms with van der Waals surface area (Å²) in [5.41, 5.74) is 4.39. The number of anilines is 1. The zero-order valence-corrected chi connectivity index (χ0v) is 16.0. The van der Waals surface area contributed by atoms with Crippen LogP contribution in [0.2, 0.25) is 0 Å². The quantitative estimate of drug-likeness (QED) is 0.794. The van der Waals surface area contributed by atoms with E-state index in [2.05, 4.69) is 30.4 Å². The van der Waals surface area contributed by atoms with E-state index in [0.717, 1.165) is 22.8 Å². The summed E-state index contributed by atoms with van der Waals surface area (Å²) in [6, 6.07) is 16.0. The molecule has 0 saturated heterocycles. The van der Waals surface area contributed by atoms with Crippen LogP contribution < -0.4 is 10.2 Å². The Morgan fingerprint density at radius 2 is 1.92 bits per heavy atom. The van der Waals surface area contributed by atoms with E-state index in [-0.39, 0.29) is 18.2 Å². The lowest BCUT2D eigenvalue weighted by atomic mass is 9.89. The predicted octanol–water partition coefficient (Wildman–Crippen LogP) is 3.49.